The van der Waals surface area contributed by atoms with E-state index in [1.165, 1.54) is 31.2 Å². The Balaban J connectivity index is 1.61. The first-order valence-electron chi connectivity index (χ1n) is 10.5. The summed E-state index contributed by atoms with van der Waals surface area (Å²) < 4.78 is 1.97. The Labute approximate surface area is 172 Å². The first-order chi connectivity index (χ1) is 13.4. The lowest BCUT2D eigenvalue weighted by molar-refractivity contribution is 0.0756. The lowest BCUT2D eigenvalue weighted by Crippen LogP contribution is -2.51. The molecule has 1 atom stereocenters. The van der Waals surface area contributed by atoms with Gasteiger partial charge in [0, 0.05) is 37.2 Å². The molecule has 4 rings (SSSR count). The number of aromatic nitrogens is 4. The van der Waals surface area contributed by atoms with Crippen LogP contribution in [0.2, 0.25) is 5.02 Å². The van der Waals surface area contributed by atoms with E-state index in [2.05, 4.69) is 58.2 Å². The SMILES string of the molecule is CC(C)(C)n1nnnc1C(c1ccc(Cl)cc1)N1CCN(C2CCCC2)CC1. The van der Waals surface area contributed by atoms with E-state index in [4.69, 9.17) is 11.6 Å². The Morgan fingerprint density at radius 3 is 2.25 bits per heavy atom. The summed E-state index contributed by atoms with van der Waals surface area (Å²) in [5, 5.41) is 13.6. The van der Waals surface area contributed by atoms with Gasteiger partial charge in [-0.05, 0) is 61.7 Å². The van der Waals surface area contributed by atoms with Crippen molar-refractivity contribution in [3.63, 3.8) is 0 Å². The number of rotatable bonds is 4. The predicted molar refractivity (Wildman–Crippen MR) is 112 cm³/mol. The van der Waals surface area contributed by atoms with E-state index < -0.39 is 0 Å². The highest BCUT2D eigenvalue weighted by molar-refractivity contribution is 6.30. The maximum Gasteiger partial charge on any atom is 0.173 e. The molecule has 1 aliphatic heterocycles. The summed E-state index contributed by atoms with van der Waals surface area (Å²) in [6.45, 7) is 10.7. The van der Waals surface area contributed by atoms with Crippen molar-refractivity contribution in [2.24, 2.45) is 0 Å². The lowest BCUT2D eigenvalue weighted by atomic mass is 10.0. The van der Waals surface area contributed by atoms with Crippen molar-refractivity contribution >= 4 is 11.6 Å². The minimum absolute atomic E-state index is 0.0391. The zero-order valence-electron chi connectivity index (χ0n) is 17.2. The Morgan fingerprint density at radius 1 is 1.00 bits per heavy atom. The van der Waals surface area contributed by atoms with Gasteiger partial charge in [-0.1, -0.05) is 36.6 Å². The van der Waals surface area contributed by atoms with Gasteiger partial charge in [0.05, 0.1) is 11.6 Å². The monoisotopic (exact) mass is 402 g/mol. The summed E-state index contributed by atoms with van der Waals surface area (Å²) in [5.41, 5.74) is 1.02. The third-order valence-electron chi connectivity index (χ3n) is 6.11. The molecule has 1 aromatic carbocycles. The first-order valence-corrected chi connectivity index (χ1v) is 10.8. The molecule has 0 amide bonds. The molecule has 2 fully saturated rings. The number of halogens is 1. The van der Waals surface area contributed by atoms with Gasteiger partial charge in [-0.25, -0.2) is 4.68 Å². The van der Waals surface area contributed by atoms with Crippen molar-refractivity contribution in [3.8, 4) is 0 Å². The summed E-state index contributed by atoms with van der Waals surface area (Å²) in [4.78, 5) is 5.22. The second kappa shape index (κ2) is 8.09. The molecule has 2 aromatic rings. The quantitative estimate of drug-likeness (QED) is 0.779. The molecule has 0 bridgehead atoms. The molecule has 1 aliphatic carbocycles. The van der Waals surface area contributed by atoms with E-state index in [1.807, 2.05) is 16.8 Å². The molecular weight excluding hydrogens is 372 g/mol. The van der Waals surface area contributed by atoms with E-state index >= 15 is 0 Å². The fourth-order valence-corrected chi connectivity index (χ4v) is 4.77. The van der Waals surface area contributed by atoms with Gasteiger partial charge in [0.25, 0.3) is 0 Å². The lowest BCUT2D eigenvalue weighted by Gasteiger charge is -2.41. The summed E-state index contributed by atoms with van der Waals surface area (Å²) in [5.74, 6) is 0.907. The Bertz CT molecular complexity index is 767. The zero-order chi connectivity index (χ0) is 19.7. The molecular formula is C21H31ClN6. The minimum atomic E-state index is -0.171. The van der Waals surface area contributed by atoms with E-state index in [1.54, 1.807) is 0 Å². The van der Waals surface area contributed by atoms with Crippen molar-refractivity contribution in [3.05, 3.63) is 40.7 Å². The highest BCUT2D eigenvalue weighted by atomic mass is 35.5. The van der Waals surface area contributed by atoms with Crippen LogP contribution in [0.3, 0.4) is 0 Å². The van der Waals surface area contributed by atoms with Gasteiger partial charge in [0.15, 0.2) is 5.82 Å². The van der Waals surface area contributed by atoms with Gasteiger partial charge in [-0.2, -0.15) is 0 Å². The smallest absolute Gasteiger partial charge is 0.173 e. The van der Waals surface area contributed by atoms with Crippen molar-refractivity contribution in [1.29, 1.82) is 0 Å². The molecule has 2 heterocycles. The molecule has 152 valence electrons. The Kier molecular flexibility index (Phi) is 5.72. The van der Waals surface area contributed by atoms with Crippen molar-refractivity contribution in [1.82, 2.24) is 30.0 Å². The van der Waals surface area contributed by atoms with E-state index in [0.29, 0.717) is 0 Å². The van der Waals surface area contributed by atoms with Crippen LogP contribution in [0.15, 0.2) is 24.3 Å². The number of piperazine rings is 1. The molecule has 0 radical (unpaired) electrons. The van der Waals surface area contributed by atoms with Crippen LogP contribution in [0, 0.1) is 0 Å². The molecule has 0 spiro atoms. The molecule has 28 heavy (non-hydrogen) atoms. The van der Waals surface area contributed by atoms with Gasteiger partial charge in [-0.3, -0.25) is 9.80 Å². The van der Waals surface area contributed by atoms with Crippen LogP contribution in [-0.4, -0.2) is 62.2 Å². The van der Waals surface area contributed by atoms with Crippen LogP contribution in [-0.2, 0) is 5.54 Å². The molecule has 1 saturated heterocycles. The molecule has 1 unspecified atom stereocenters. The summed E-state index contributed by atoms with van der Waals surface area (Å²) in [6, 6.07) is 8.97. The van der Waals surface area contributed by atoms with E-state index in [-0.39, 0.29) is 11.6 Å². The fraction of sp³-hybridized carbons (Fsp3) is 0.667. The average molecular weight is 403 g/mol. The van der Waals surface area contributed by atoms with Crippen LogP contribution >= 0.6 is 11.6 Å². The van der Waals surface area contributed by atoms with E-state index in [0.717, 1.165) is 43.1 Å². The van der Waals surface area contributed by atoms with Crippen molar-refractivity contribution in [2.75, 3.05) is 26.2 Å². The van der Waals surface area contributed by atoms with Crippen LogP contribution < -0.4 is 0 Å². The van der Waals surface area contributed by atoms with Crippen LogP contribution in [0.4, 0.5) is 0 Å². The average Bonchev–Trinajstić information content (AvgIpc) is 3.36. The van der Waals surface area contributed by atoms with Gasteiger partial charge in [-0.15, -0.1) is 5.10 Å². The van der Waals surface area contributed by atoms with Gasteiger partial charge in [0.2, 0.25) is 0 Å². The molecule has 1 saturated carbocycles. The minimum Gasteiger partial charge on any atom is -0.298 e. The summed E-state index contributed by atoms with van der Waals surface area (Å²) >= 11 is 6.16. The second-order valence-electron chi connectivity index (χ2n) is 9.08. The third-order valence-corrected chi connectivity index (χ3v) is 6.37. The predicted octanol–water partition coefficient (Wildman–Crippen LogP) is 3.73. The standard InChI is InChI=1S/C21H31ClN6/c1-21(2,3)28-20(23-24-25-28)19(16-8-10-17(22)11-9-16)27-14-12-26(13-15-27)18-6-4-5-7-18/h8-11,18-19H,4-7,12-15H2,1-3H3. The van der Waals surface area contributed by atoms with E-state index in [9.17, 15) is 0 Å². The molecule has 1 aromatic heterocycles. The Hall–Kier alpha value is -1.50. The second-order valence-corrected chi connectivity index (χ2v) is 9.52. The Morgan fingerprint density at radius 2 is 1.64 bits per heavy atom. The third kappa shape index (κ3) is 4.09. The van der Waals surface area contributed by atoms with Gasteiger partial charge in [0.1, 0.15) is 0 Å². The fourth-order valence-electron chi connectivity index (χ4n) is 4.64. The van der Waals surface area contributed by atoms with Crippen molar-refractivity contribution in [2.45, 2.75) is 64.1 Å². The van der Waals surface area contributed by atoms with Gasteiger partial charge < -0.3 is 0 Å². The van der Waals surface area contributed by atoms with Crippen LogP contribution in [0.5, 0.6) is 0 Å². The molecule has 7 heteroatoms. The number of hydrogen-bond acceptors (Lipinski definition) is 5. The maximum absolute atomic E-state index is 6.16. The normalized spacial score (nSPS) is 21.3. The molecule has 2 aliphatic rings. The summed E-state index contributed by atoms with van der Waals surface area (Å²) in [7, 11) is 0. The van der Waals surface area contributed by atoms with Crippen LogP contribution in [0.25, 0.3) is 0 Å². The number of hydrogen-bond donors (Lipinski definition) is 0. The zero-order valence-corrected chi connectivity index (χ0v) is 17.9. The highest BCUT2D eigenvalue weighted by Gasteiger charge is 2.34. The summed E-state index contributed by atoms with van der Waals surface area (Å²) in [6.07, 6.45) is 5.50. The topological polar surface area (TPSA) is 50.1 Å². The number of benzene rings is 1. The van der Waals surface area contributed by atoms with Gasteiger partial charge >= 0.3 is 0 Å². The highest BCUT2D eigenvalue weighted by Crippen LogP contribution is 2.32. The molecule has 0 N–H and O–H groups in total. The largest absolute Gasteiger partial charge is 0.298 e. The first kappa shape index (κ1) is 19.8. The number of nitrogens with zero attached hydrogens (tertiary/aromatic N) is 6. The number of tetrazole rings is 1. The van der Waals surface area contributed by atoms with Crippen LogP contribution in [0.1, 0.15) is 63.9 Å². The molecule has 6 nitrogen and oxygen atoms in total. The maximum atomic E-state index is 6.16. The van der Waals surface area contributed by atoms with Crippen molar-refractivity contribution < 1.29 is 0 Å².